The van der Waals surface area contributed by atoms with E-state index < -0.39 is 0 Å². The fraction of sp³-hybridized carbons (Fsp3) is 0.391. The molecule has 0 spiro atoms. The number of benzene rings is 2. The normalized spacial score (nSPS) is 15.3. The summed E-state index contributed by atoms with van der Waals surface area (Å²) >= 11 is 0. The largest absolute Gasteiger partial charge is 0.486 e. The summed E-state index contributed by atoms with van der Waals surface area (Å²) < 4.78 is 11.4. The predicted molar refractivity (Wildman–Crippen MR) is 108 cm³/mol. The summed E-state index contributed by atoms with van der Waals surface area (Å²) in [7, 11) is 0. The van der Waals surface area contributed by atoms with Crippen LogP contribution in [0.1, 0.15) is 42.6 Å². The van der Waals surface area contributed by atoms with E-state index >= 15 is 0 Å². The molecule has 0 aromatic heterocycles. The molecule has 0 saturated heterocycles. The van der Waals surface area contributed by atoms with Gasteiger partial charge >= 0.3 is 0 Å². The van der Waals surface area contributed by atoms with Crippen LogP contribution in [0.5, 0.6) is 11.5 Å². The van der Waals surface area contributed by atoms with Crippen molar-refractivity contribution in [3.63, 3.8) is 0 Å². The van der Waals surface area contributed by atoms with E-state index in [4.69, 9.17) is 9.47 Å². The minimum atomic E-state index is -0.233. The Morgan fingerprint density at radius 3 is 2.46 bits per heavy atom. The molecule has 148 valence electrons. The van der Waals surface area contributed by atoms with Crippen molar-refractivity contribution >= 4 is 11.7 Å². The van der Waals surface area contributed by atoms with Gasteiger partial charge < -0.3 is 14.8 Å². The summed E-state index contributed by atoms with van der Waals surface area (Å²) in [6.07, 6.45) is 1.12. The smallest absolute Gasteiger partial charge is 0.220 e. The van der Waals surface area contributed by atoms with Crippen LogP contribution in [-0.4, -0.2) is 30.9 Å². The van der Waals surface area contributed by atoms with Crippen LogP contribution in [0.3, 0.4) is 0 Å². The van der Waals surface area contributed by atoms with Gasteiger partial charge in [-0.25, -0.2) is 0 Å². The van der Waals surface area contributed by atoms with E-state index in [2.05, 4.69) is 19.2 Å². The molecule has 28 heavy (non-hydrogen) atoms. The average molecular weight is 381 g/mol. The fourth-order valence-corrected chi connectivity index (χ4v) is 3.15. The Morgan fingerprint density at radius 1 is 1.04 bits per heavy atom. The van der Waals surface area contributed by atoms with Crippen molar-refractivity contribution in [3.8, 4) is 11.5 Å². The van der Waals surface area contributed by atoms with Crippen molar-refractivity contribution < 1.29 is 19.1 Å². The van der Waals surface area contributed by atoms with Gasteiger partial charge in [0.2, 0.25) is 5.91 Å². The van der Waals surface area contributed by atoms with Crippen molar-refractivity contribution in [2.24, 2.45) is 5.92 Å². The number of Topliss-reactive ketones (excluding diaryl/α,β-unsaturated/α-hetero) is 1. The maximum Gasteiger partial charge on any atom is 0.220 e. The van der Waals surface area contributed by atoms with Crippen LogP contribution in [-0.2, 0) is 11.2 Å². The van der Waals surface area contributed by atoms with E-state index in [-0.39, 0.29) is 30.6 Å². The molecule has 5 heteroatoms. The van der Waals surface area contributed by atoms with Gasteiger partial charge in [-0.15, -0.1) is 0 Å². The van der Waals surface area contributed by atoms with Gasteiger partial charge in [0.15, 0.2) is 17.3 Å². The lowest BCUT2D eigenvalue weighted by Crippen LogP contribution is -2.40. The molecule has 0 fully saturated rings. The molecule has 3 rings (SSSR count). The van der Waals surface area contributed by atoms with Crippen LogP contribution >= 0.6 is 0 Å². The Hall–Kier alpha value is -2.82. The van der Waals surface area contributed by atoms with Crippen molar-refractivity contribution in [1.82, 2.24) is 5.32 Å². The Balaban J connectivity index is 1.40. The van der Waals surface area contributed by atoms with E-state index in [1.807, 2.05) is 48.5 Å². The zero-order chi connectivity index (χ0) is 19.9. The second-order valence-corrected chi connectivity index (χ2v) is 7.52. The minimum absolute atomic E-state index is 0.0163. The number of hydrogen-bond acceptors (Lipinski definition) is 4. The average Bonchev–Trinajstić information content (AvgIpc) is 2.70. The second kappa shape index (κ2) is 9.40. The highest BCUT2D eigenvalue weighted by Crippen LogP contribution is 2.30. The molecule has 0 radical (unpaired) electrons. The van der Waals surface area contributed by atoms with Gasteiger partial charge in [-0.3, -0.25) is 9.59 Å². The number of ketones is 1. The van der Waals surface area contributed by atoms with Crippen LogP contribution in [0.15, 0.2) is 48.5 Å². The molecule has 1 heterocycles. The summed E-state index contributed by atoms with van der Waals surface area (Å²) in [6, 6.07) is 15.1. The number of fused-ring (bicyclic) bond motifs is 1. The number of ether oxygens (including phenoxy) is 2. The molecule has 1 aliphatic rings. The highest BCUT2D eigenvalue weighted by molar-refractivity contribution is 5.97. The first-order valence-corrected chi connectivity index (χ1v) is 9.78. The molecule has 1 atom stereocenters. The third-order valence-corrected chi connectivity index (χ3v) is 4.59. The van der Waals surface area contributed by atoms with Gasteiger partial charge in [-0.05, 0) is 30.0 Å². The summed E-state index contributed by atoms with van der Waals surface area (Å²) in [5, 5.41) is 2.82. The number of para-hydroxylation sites is 2. The minimum Gasteiger partial charge on any atom is -0.486 e. The molecule has 0 bridgehead atoms. The number of carbonyl (C=O) groups is 2. The van der Waals surface area contributed by atoms with Gasteiger partial charge in [0.1, 0.15) is 12.7 Å². The Bertz CT molecular complexity index is 814. The van der Waals surface area contributed by atoms with Gasteiger partial charge in [-0.2, -0.15) is 0 Å². The monoisotopic (exact) mass is 381 g/mol. The Labute approximate surface area is 166 Å². The third-order valence-electron chi connectivity index (χ3n) is 4.59. The maximum absolute atomic E-state index is 12.3. The lowest BCUT2D eigenvalue weighted by Gasteiger charge is -2.26. The fourth-order valence-electron chi connectivity index (χ4n) is 3.15. The summed E-state index contributed by atoms with van der Waals surface area (Å²) in [5.74, 6) is 1.81. The Kier molecular flexibility index (Phi) is 6.69. The van der Waals surface area contributed by atoms with Crippen molar-refractivity contribution in [3.05, 3.63) is 59.7 Å². The van der Waals surface area contributed by atoms with Gasteiger partial charge in [0, 0.05) is 18.4 Å². The molecule has 1 amide bonds. The van der Waals surface area contributed by atoms with E-state index in [1.165, 1.54) is 5.56 Å². The number of carbonyl (C=O) groups excluding carboxylic acids is 2. The molecular formula is C23H27NO4. The van der Waals surface area contributed by atoms with Gasteiger partial charge in [0.05, 0.1) is 6.54 Å². The van der Waals surface area contributed by atoms with E-state index in [0.29, 0.717) is 30.4 Å². The molecular weight excluding hydrogens is 354 g/mol. The van der Waals surface area contributed by atoms with Crippen LogP contribution in [0, 0.1) is 5.92 Å². The van der Waals surface area contributed by atoms with Crippen molar-refractivity contribution in [2.45, 2.75) is 39.2 Å². The molecule has 2 aromatic rings. The van der Waals surface area contributed by atoms with E-state index in [0.717, 1.165) is 12.2 Å². The third kappa shape index (κ3) is 5.59. The first-order valence-electron chi connectivity index (χ1n) is 9.78. The molecule has 0 unspecified atom stereocenters. The maximum atomic E-state index is 12.3. The van der Waals surface area contributed by atoms with Crippen LogP contribution in [0.25, 0.3) is 0 Å². The van der Waals surface area contributed by atoms with Crippen LogP contribution < -0.4 is 14.8 Å². The summed E-state index contributed by atoms with van der Waals surface area (Å²) in [5.41, 5.74) is 1.88. The van der Waals surface area contributed by atoms with Crippen LogP contribution in [0.4, 0.5) is 0 Å². The number of nitrogens with one attached hydrogen (secondary N) is 1. The summed E-state index contributed by atoms with van der Waals surface area (Å²) in [6.45, 7) is 5.08. The molecule has 0 aliphatic carbocycles. The quantitative estimate of drug-likeness (QED) is 0.707. The molecule has 2 aromatic carbocycles. The standard InChI is InChI=1S/C23H27NO4/c1-16(2)13-17-7-9-18(10-8-17)20(25)11-12-23(26)24-14-19-15-27-21-5-3-4-6-22(21)28-19/h3-10,16,19H,11-15H2,1-2H3,(H,24,26)/t19-/m0/s1. The molecule has 1 N–H and O–H groups in total. The first kappa shape index (κ1) is 19.9. The molecule has 0 saturated carbocycles. The van der Waals surface area contributed by atoms with E-state index in [9.17, 15) is 9.59 Å². The topological polar surface area (TPSA) is 64.6 Å². The molecule has 1 aliphatic heterocycles. The van der Waals surface area contributed by atoms with E-state index in [1.54, 1.807) is 0 Å². The number of hydrogen-bond donors (Lipinski definition) is 1. The van der Waals surface area contributed by atoms with Crippen LogP contribution in [0.2, 0.25) is 0 Å². The molecule has 5 nitrogen and oxygen atoms in total. The zero-order valence-electron chi connectivity index (χ0n) is 16.4. The Morgan fingerprint density at radius 2 is 1.75 bits per heavy atom. The number of amides is 1. The lowest BCUT2D eigenvalue weighted by molar-refractivity contribution is -0.121. The second-order valence-electron chi connectivity index (χ2n) is 7.52. The zero-order valence-corrected chi connectivity index (χ0v) is 16.4. The van der Waals surface area contributed by atoms with Crippen molar-refractivity contribution in [2.75, 3.05) is 13.2 Å². The predicted octanol–water partition coefficient (Wildman–Crippen LogP) is 3.80. The van der Waals surface area contributed by atoms with Gasteiger partial charge in [-0.1, -0.05) is 50.2 Å². The highest BCUT2D eigenvalue weighted by atomic mass is 16.6. The van der Waals surface area contributed by atoms with Gasteiger partial charge in [0.25, 0.3) is 0 Å². The van der Waals surface area contributed by atoms with Crippen molar-refractivity contribution in [1.29, 1.82) is 0 Å². The number of rotatable bonds is 8. The first-order chi connectivity index (χ1) is 13.5. The lowest BCUT2D eigenvalue weighted by atomic mass is 9.99. The summed E-state index contributed by atoms with van der Waals surface area (Å²) in [4.78, 5) is 24.4. The SMILES string of the molecule is CC(C)Cc1ccc(C(=O)CCC(=O)NC[C@H]2COc3ccccc3O2)cc1. The highest BCUT2D eigenvalue weighted by Gasteiger charge is 2.21.